The minimum atomic E-state index is -0.623. The number of hydrogen-bond donors (Lipinski definition) is 3. The van der Waals surface area contributed by atoms with Crippen LogP contribution in [0.5, 0.6) is 0 Å². The van der Waals surface area contributed by atoms with Gasteiger partial charge in [0.1, 0.15) is 11.6 Å². The lowest BCUT2D eigenvalue weighted by atomic mass is 10.1. The molecule has 34 heavy (non-hydrogen) atoms. The number of likely N-dealkylation sites (N-methyl/N-ethyl adjacent to an activating group) is 1. The first-order valence-electron chi connectivity index (χ1n) is 10.7. The molecular formula is C23H26F2N8O. The van der Waals surface area contributed by atoms with Crippen LogP contribution in [0.2, 0.25) is 0 Å². The van der Waals surface area contributed by atoms with Crippen LogP contribution in [0.15, 0.2) is 48.6 Å². The van der Waals surface area contributed by atoms with Crippen molar-refractivity contribution in [2.24, 2.45) is 11.6 Å². The van der Waals surface area contributed by atoms with E-state index in [1.165, 1.54) is 34.4 Å². The fraction of sp³-hybridized carbons (Fsp3) is 0.261. The molecular weight excluding hydrogens is 442 g/mol. The smallest absolute Gasteiger partial charge is 0.261 e. The summed E-state index contributed by atoms with van der Waals surface area (Å²) in [6.45, 7) is 2.55. The Morgan fingerprint density at radius 3 is 2.79 bits per heavy atom. The Kier molecular flexibility index (Phi) is 6.46. The highest BCUT2D eigenvalue weighted by Crippen LogP contribution is 2.29. The zero-order chi connectivity index (χ0) is 24.4. The molecule has 3 aromatic rings. The number of nitrogens with one attached hydrogen (secondary N) is 1. The first kappa shape index (κ1) is 23.2. The van der Waals surface area contributed by atoms with Crippen molar-refractivity contribution in [1.29, 1.82) is 0 Å². The van der Waals surface area contributed by atoms with E-state index in [-0.39, 0.29) is 37.0 Å². The Balaban J connectivity index is 1.56. The molecule has 3 heterocycles. The van der Waals surface area contributed by atoms with Crippen LogP contribution < -0.4 is 21.8 Å². The summed E-state index contributed by atoms with van der Waals surface area (Å²) in [5, 5.41) is 8.69. The lowest BCUT2D eigenvalue weighted by molar-refractivity contribution is 0.0979. The number of nitrogens with zero attached hydrogens (tertiary/aromatic N) is 5. The molecule has 5 N–H and O–H groups in total. The van der Waals surface area contributed by atoms with Gasteiger partial charge in [0.2, 0.25) is 0 Å². The number of hydrogen-bond acceptors (Lipinski definition) is 7. The number of carbonyl (C=O) groups is 1. The first-order chi connectivity index (χ1) is 16.3. The molecule has 2 aromatic heterocycles. The molecule has 0 unspecified atom stereocenters. The third kappa shape index (κ3) is 4.42. The van der Waals surface area contributed by atoms with Gasteiger partial charge >= 0.3 is 0 Å². The molecule has 1 amide bonds. The number of carbonyl (C=O) groups excluding carboxylic acids is 1. The van der Waals surface area contributed by atoms with E-state index >= 15 is 0 Å². The molecule has 0 saturated carbocycles. The summed E-state index contributed by atoms with van der Waals surface area (Å²) in [6.07, 6.45) is 4.31. The van der Waals surface area contributed by atoms with Crippen LogP contribution in [0.4, 0.5) is 20.3 Å². The number of anilines is 2. The molecule has 0 fully saturated rings. The van der Waals surface area contributed by atoms with Gasteiger partial charge in [-0.3, -0.25) is 9.48 Å². The number of aryl methyl sites for hydroxylation is 1. The molecule has 1 aliphatic heterocycles. The molecule has 0 atom stereocenters. The fourth-order valence-corrected chi connectivity index (χ4v) is 3.91. The van der Waals surface area contributed by atoms with Crippen molar-refractivity contribution in [2.75, 3.05) is 30.4 Å². The predicted octanol–water partition coefficient (Wildman–Crippen LogP) is 2.13. The molecule has 1 aromatic carbocycles. The summed E-state index contributed by atoms with van der Waals surface area (Å²) >= 11 is 0. The molecule has 1 aliphatic rings. The van der Waals surface area contributed by atoms with Crippen LogP contribution in [0.3, 0.4) is 0 Å². The van der Waals surface area contributed by atoms with E-state index in [1.807, 2.05) is 13.0 Å². The normalized spacial score (nSPS) is 13.7. The highest BCUT2D eigenvalue weighted by molar-refractivity contribution is 6.08. The van der Waals surface area contributed by atoms with Crippen LogP contribution in [0.25, 0.3) is 0 Å². The molecule has 0 radical (unpaired) electrons. The molecule has 9 nitrogen and oxygen atoms in total. The minimum absolute atomic E-state index is 0.102. The summed E-state index contributed by atoms with van der Waals surface area (Å²) in [6, 6.07) is 6.36. The molecule has 0 bridgehead atoms. The third-order valence-electron chi connectivity index (χ3n) is 5.88. The molecule has 11 heteroatoms. The Morgan fingerprint density at radius 1 is 1.29 bits per heavy atom. The van der Waals surface area contributed by atoms with E-state index in [9.17, 15) is 13.6 Å². The Bertz CT molecular complexity index is 1230. The summed E-state index contributed by atoms with van der Waals surface area (Å²) in [5.41, 5.74) is 8.64. The average molecular weight is 469 g/mol. The van der Waals surface area contributed by atoms with Gasteiger partial charge in [-0.15, -0.1) is 0 Å². The fourth-order valence-electron chi connectivity index (χ4n) is 3.91. The van der Waals surface area contributed by atoms with Crippen molar-refractivity contribution in [3.63, 3.8) is 0 Å². The van der Waals surface area contributed by atoms with Gasteiger partial charge in [0, 0.05) is 37.8 Å². The largest absolute Gasteiger partial charge is 0.403 e. The van der Waals surface area contributed by atoms with Crippen molar-refractivity contribution in [3.05, 3.63) is 82.6 Å². The van der Waals surface area contributed by atoms with Gasteiger partial charge < -0.3 is 21.0 Å². The lowest BCUT2D eigenvalue weighted by Gasteiger charge is -2.28. The van der Waals surface area contributed by atoms with Crippen molar-refractivity contribution in [1.82, 2.24) is 19.8 Å². The van der Waals surface area contributed by atoms with E-state index in [0.29, 0.717) is 34.8 Å². The second-order valence-corrected chi connectivity index (χ2v) is 8.05. The van der Waals surface area contributed by atoms with Crippen LogP contribution in [-0.2, 0) is 13.0 Å². The first-order valence-corrected chi connectivity index (χ1v) is 10.7. The predicted molar refractivity (Wildman–Crippen MR) is 125 cm³/mol. The SMILES string of the molecule is Cc1cccc(F)c1Cn1ncc2c1CCN(c1cc(NC/C(=C/N)N(C)N)ncc1F)C2=O. The van der Waals surface area contributed by atoms with Crippen molar-refractivity contribution in [3.8, 4) is 0 Å². The number of fused-ring (bicyclic) bond motifs is 1. The van der Waals surface area contributed by atoms with Gasteiger partial charge in [0.05, 0.1) is 48.1 Å². The zero-order valence-corrected chi connectivity index (χ0v) is 18.9. The number of hydrazine groups is 1. The molecule has 0 saturated heterocycles. The monoisotopic (exact) mass is 468 g/mol. The minimum Gasteiger partial charge on any atom is -0.403 e. The van der Waals surface area contributed by atoms with E-state index in [2.05, 4.69) is 15.4 Å². The maximum Gasteiger partial charge on any atom is 0.261 e. The molecule has 0 aliphatic carbocycles. The van der Waals surface area contributed by atoms with Crippen molar-refractivity contribution in [2.45, 2.75) is 19.9 Å². The lowest BCUT2D eigenvalue weighted by Crippen LogP contribution is -2.38. The Hall–Kier alpha value is -3.99. The maximum absolute atomic E-state index is 14.7. The summed E-state index contributed by atoms with van der Waals surface area (Å²) < 4.78 is 30.6. The van der Waals surface area contributed by atoms with Crippen LogP contribution in [-0.4, -0.2) is 45.8 Å². The maximum atomic E-state index is 14.7. The number of aromatic nitrogens is 3. The highest BCUT2D eigenvalue weighted by atomic mass is 19.1. The van der Waals surface area contributed by atoms with E-state index < -0.39 is 5.82 Å². The number of benzene rings is 1. The van der Waals surface area contributed by atoms with Crippen LogP contribution in [0, 0.1) is 18.6 Å². The van der Waals surface area contributed by atoms with Gasteiger partial charge in [-0.1, -0.05) is 12.1 Å². The topological polar surface area (TPSA) is 118 Å². The second-order valence-electron chi connectivity index (χ2n) is 8.05. The Morgan fingerprint density at radius 2 is 2.09 bits per heavy atom. The number of nitrogens with two attached hydrogens (primary N) is 2. The van der Waals surface area contributed by atoms with Crippen LogP contribution >= 0.6 is 0 Å². The molecule has 0 spiro atoms. The van der Waals surface area contributed by atoms with Crippen molar-refractivity contribution >= 4 is 17.4 Å². The number of rotatable bonds is 7. The number of amides is 1. The second kappa shape index (κ2) is 9.48. The number of halogens is 2. The van der Waals surface area contributed by atoms with Crippen LogP contribution in [0.1, 0.15) is 27.2 Å². The Labute approximate surface area is 195 Å². The van der Waals surface area contributed by atoms with E-state index in [0.717, 1.165) is 11.8 Å². The average Bonchev–Trinajstić information content (AvgIpc) is 3.22. The summed E-state index contributed by atoms with van der Waals surface area (Å²) in [4.78, 5) is 18.6. The van der Waals surface area contributed by atoms with Gasteiger partial charge in [-0.05, 0) is 18.6 Å². The van der Waals surface area contributed by atoms with Gasteiger partial charge in [0.15, 0.2) is 5.82 Å². The highest BCUT2D eigenvalue weighted by Gasteiger charge is 2.31. The van der Waals surface area contributed by atoms with Gasteiger partial charge in [-0.25, -0.2) is 19.6 Å². The van der Waals surface area contributed by atoms with Gasteiger partial charge in [-0.2, -0.15) is 5.10 Å². The summed E-state index contributed by atoms with van der Waals surface area (Å²) in [7, 11) is 1.64. The number of pyridine rings is 1. The summed E-state index contributed by atoms with van der Waals surface area (Å²) in [5.74, 6) is 4.74. The van der Waals surface area contributed by atoms with Gasteiger partial charge in [0.25, 0.3) is 5.91 Å². The molecule has 4 rings (SSSR count). The van der Waals surface area contributed by atoms with Crippen molar-refractivity contribution < 1.29 is 13.6 Å². The van der Waals surface area contributed by atoms with E-state index in [4.69, 9.17) is 11.6 Å². The zero-order valence-electron chi connectivity index (χ0n) is 18.9. The quantitative estimate of drug-likeness (QED) is 0.359. The van der Waals surface area contributed by atoms with E-state index in [1.54, 1.807) is 17.8 Å². The third-order valence-corrected chi connectivity index (χ3v) is 5.88. The molecule has 178 valence electrons. The standard InChI is InChI=1S/C23H26F2N8O/c1-14-4-3-5-18(24)17(14)13-33-20-6-7-32(23(34)16(20)11-30-33)21-8-22(29-12-19(21)25)28-10-15(9-26)31(2)27/h3-5,8-9,11-12H,6-7,10,13,26-27H2,1-2H3,(H,28,29)/b15-9-.